The van der Waals surface area contributed by atoms with Gasteiger partial charge in [0.2, 0.25) is 0 Å². The molecule has 4 heterocycles. The van der Waals surface area contributed by atoms with Gasteiger partial charge in [-0.25, -0.2) is 4.79 Å². The summed E-state index contributed by atoms with van der Waals surface area (Å²) in [5.74, 6) is -2.08. The van der Waals surface area contributed by atoms with Gasteiger partial charge in [0, 0.05) is 25.2 Å². The van der Waals surface area contributed by atoms with Crippen molar-refractivity contribution in [2.75, 3.05) is 26.2 Å². The third-order valence-electron chi connectivity index (χ3n) is 5.14. The second-order valence-corrected chi connectivity index (χ2v) is 8.07. The molecular formula is C19H22F3N3O4S. The zero-order valence-corrected chi connectivity index (χ0v) is 16.9. The number of rotatable bonds is 3. The Balaban J connectivity index is 0.000000318. The standard InChI is InChI=1S/C17H21N3O2S.C2HF3O2/c21-17(14-12-15(22-18-14)16-4-3-11-23-16)20-9-5-13(6-10-20)19-7-1-2-8-19;3-2(4,5)1(6)7/h3-4,11-13H,1-2,5-10H2;(H,6,7). The van der Waals surface area contributed by atoms with Crippen molar-refractivity contribution in [3.8, 4) is 10.6 Å². The normalized spacial score (nSPS) is 18.2. The number of alkyl halides is 3. The third kappa shape index (κ3) is 5.60. The first-order valence-electron chi connectivity index (χ1n) is 9.59. The summed E-state index contributed by atoms with van der Waals surface area (Å²) in [5, 5.41) is 13.1. The van der Waals surface area contributed by atoms with Crippen LogP contribution in [-0.2, 0) is 4.79 Å². The van der Waals surface area contributed by atoms with Gasteiger partial charge in [0.25, 0.3) is 5.91 Å². The van der Waals surface area contributed by atoms with E-state index in [4.69, 9.17) is 14.4 Å². The highest BCUT2D eigenvalue weighted by molar-refractivity contribution is 7.13. The fourth-order valence-electron chi connectivity index (χ4n) is 3.61. The highest BCUT2D eigenvalue weighted by atomic mass is 32.1. The number of piperidine rings is 1. The van der Waals surface area contributed by atoms with E-state index in [0.29, 0.717) is 17.5 Å². The maximum absolute atomic E-state index is 12.6. The Kier molecular flexibility index (Phi) is 7.14. The summed E-state index contributed by atoms with van der Waals surface area (Å²) in [7, 11) is 0. The van der Waals surface area contributed by atoms with Crippen molar-refractivity contribution < 1.29 is 32.4 Å². The van der Waals surface area contributed by atoms with Crippen LogP contribution < -0.4 is 0 Å². The molecule has 0 aromatic carbocycles. The van der Waals surface area contributed by atoms with Crippen molar-refractivity contribution in [2.24, 2.45) is 0 Å². The van der Waals surface area contributed by atoms with Gasteiger partial charge >= 0.3 is 12.1 Å². The number of aromatic nitrogens is 1. The molecule has 2 aromatic heterocycles. The number of carbonyl (C=O) groups excluding carboxylic acids is 1. The number of carbonyl (C=O) groups is 2. The van der Waals surface area contributed by atoms with Gasteiger partial charge < -0.3 is 19.4 Å². The lowest BCUT2D eigenvalue weighted by Crippen LogP contribution is -2.46. The maximum atomic E-state index is 12.6. The van der Waals surface area contributed by atoms with Crippen LogP contribution in [0.15, 0.2) is 28.1 Å². The summed E-state index contributed by atoms with van der Waals surface area (Å²) in [6, 6.07) is 6.36. The Morgan fingerprint density at radius 3 is 2.33 bits per heavy atom. The highest BCUT2D eigenvalue weighted by Gasteiger charge is 2.38. The highest BCUT2D eigenvalue weighted by Crippen LogP contribution is 2.26. The van der Waals surface area contributed by atoms with Crippen LogP contribution in [0.25, 0.3) is 10.6 Å². The number of carboxylic acid groups (broad SMARTS) is 1. The lowest BCUT2D eigenvalue weighted by molar-refractivity contribution is -0.192. The fourth-order valence-corrected chi connectivity index (χ4v) is 4.29. The summed E-state index contributed by atoms with van der Waals surface area (Å²) in [4.78, 5) is 27.0. The number of nitrogens with zero attached hydrogens (tertiary/aromatic N) is 3. The van der Waals surface area contributed by atoms with Crippen molar-refractivity contribution >= 4 is 23.2 Å². The number of aliphatic carboxylic acids is 1. The SMILES string of the molecule is O=C(O)C(F)(F)F.O=C(c1cc(-c2cccs2)on1)N1CCC(N2CCCC2)CC1. The van der Waals surface area contributed by atoms with E-state index in [2.05, 4.69) is 10.1 Å². The molecule has 2 aliphatic rings. The second-order valence-electron chi connectivity index (χ2n) is 7.12. The van der Waals surface area contributed by atoms with Gasteiger partial charge in [0.15, 0.2) is 11.5 Å². The van der Waals surface area contributed by atoms with Crippen molar-refractivity contribution in [1.82, 2.24) is 15.0 Å². The van der Waals surface area contributed by atoms with E-state index in [1.165, 1.54) is 25.9 Å². The predicted octanol–water partition coefficient (Wildman–Crippen LogP) is 3.74. The quantitative estimate of drug-likeness (QED) is 0.775. The topological polar surface area (TPSA) is 86.9 Å². The second kappa shape index (κ2) is 9.61. The molecule has 0 radical (unpaired) electrons. The Hall–Kier alpha value is -2.40. The molecule has 0 spiro atoms. The first-order chi connectivity index (χ1) is 14.3. The molecule has 2 aliphatic heterocycles. The number of carboxylic acids is 1. The van der Waals surface area contributed by atoms with Gasteiger partial charge in [-0.2, -0.15) is 13.2 Å². The summed E-state index contributed by atoms with van der Waals surface area (Å²) in [6.45, 7) is 4.10. The van der Waals surface area contributed by atoms with Crippen LogP contribution in [0.5, 0.6) is 0 Å². The van der Waals surface area contributed by atoms with Gasteiger partial charge in [-0.15, -0.1) is 11.3 Å². The molecule has 2 aromatic rings. The molecule has 1 N–H and O–H groups in total. The summed E-state index contributed by atoms with van der Waals surface area (Å²) >= 11 is 1.59. The number of hydrogen-bond donors (Lipinski definition) is 1. The lowest BCUT2D eigenvalue weighted by Gasteiger charge is -2.36. The Morgan fingerprint density at radius 2 is 1.80 bits per heavy atom. The van der Waals surface area contributed by atoms with Gasteiger partial charge in [-0.3, -0.25) is 4.79 Å². The van der Waals surface area contributed by atoms with Crippen LogP contribution in [0.3, 0.4) is 0 Å². The molecule has 0 saturated carbocycles. The minimum atomic E-state index is -5.08. The van der Waals surface area contributed by atoms with Gasteiger partial charge in [0.05, 0.1) is 4.88 Å². The van der Waals surface area contributed by atoms with E-state index in [9.17, 15) is 18.0 Å². The Labute approximate surface area is 175 Å². The van der Waals surface area contributed by atoms with E-state index in [-0.39, 0.29) is 5.91 Å². The van der Waals surface area contributed by atoms with Gasteiger partial charge in [-0.05, 0) is 50.2 Å². The maximum Gasteiger partial charge on any atom is 0.490 e. The van der Waals surface area contributed by atoms with Crippen LogP contribution >= 0.6 is 11.3 Å². The molecule has 0 atom stereocenters. The molecule has 0 unspecified atom stereocenters. The monoisotopic (exact) mass is 445 g/mol. The van der Waals surface area contributed by atoms with Gasteiger partial charge in [0.1, 0.15) is 0 Å². The average Bonchev–Trinajstić information content (AvgIpc) is 3.49. The molecule has 1 amide bonds. The van der Waals surface area contributed by atoms with E-state index < -0.39 is 12.1 Å². The van der Waals surface area contributed by atoms with Crippen LogP contribution in [0.2, 0.25) is 0 Å². The predicted molar refractivity (Wildman–Crippen MR) is 103 cm³/mol. The average molecular weight is 445 g/mol. The Bertz CT molecular complexity index is 840. The zero-order chi connectivity index (χ0) is 21.7. The summed E-state index contributed by atoms with van der Waals surface area (Å²) in [5.41, 5.74) is 0.424. The molecule has 7 nitrogen and oxygen atoms in total. The summed E-state index contributed by atoms with van der Waals surface area (Å²) in [6.07, 6.45) is -0.296. The van der Waals surface area contributed by atoms with E-state index in [1.54, 1.807) is 17.4 Å². The van der Waals surface area contributed by atoms with Crippen molar-refractivity contribution in [3.63, 3.8) is 0 Å². The first-order valence-corrected chi connectivity index (χ1v) is 10.5. The lowest BCUT2D eigenvalue weighted by atomic mass is 10.0. The van der Waals surface area contributed by atoms with E-state index in [0.717, 1.165) is 30.8 Å². The Morgan fingerprint density at radius 1 is 1.17 bits per heavy atom. The van der Waals surface area contributed by atoms with Crippen LogP contribution in [0.4, 0.5) is 13.2 Å². The van der Waals surface area contributed by atoms with E-state index >= 15 is 0 Å². The molecule has 0 bridgehead atoms. The largest absolute Gasteiger partial charge is 0.490 e. The summed E-state index contributed by atoms with van der Waals surface area (Å²) < 4.78 is 37.1. The molecule has 11 heteroatoms. The number of thiophene rings is 1. The zero-order valence-electron chi connectivity index (χ0n) is 16.1. The molecule has 2 fully saturated rings. The fraction of sp³-hybridized carbons (Fsp3) is 0.526. The molecular weight excluding hydrogens is 423 g/mol. The van der Waals surface area contributed by atoms with Crippen LogP contribution in [0, 0.1) is 0 Å². The van der Waals surface area contributed by atoms with Crippen LogP contribution in [0.1, 0.15) is 36.2 Å². The number of halogens is 3. The number of amides is 1. The van der Waals surface area contributed by atoms with Crippen molar-refractivity contribution in [2.45, 2.75) is 37.9 Å². The third-order valence-corrected chi connectivity index (χ3v) is 6.03. The number of likely N-dealkylation sites (tertiary alicyclic amines) is 2. The minimum Gasteiger partial charge on any atom is -0.475 e. The van der Waals surface area contributed by atoms with Crippen molar-refractivity contribution in [3.05, 3.63) is 29.3 Å². The van der Waals surface area contributed by atoms with Crippen molar-refractivity contribution in [1.29, 1.82) is 0 Å². The van der Waals surface area contributed by atoms with Crippen LogP contribution in [-0.4, -0.2) is 70.3 Å². The smallest absolute Gasteiger partial charge is 0.475 e. The first kappa shape index (κ1) is 22.3. The molecule has 30 heavy (non-hydrogen) atoms. The number of hydrogen-bond acceptors (Lipinski definition) is 6. The van der Waals surface area contributed by atoms with E-state index in [1.807, 2.05) is 22.4 Å². The minimum absolute atomic E-state index is 0.00331. The molecule has 4 rings (SSSR count). The molecule has 0 aliphatic carbocycles. The molecule has 164 valence electrons. The molecule has 2 saturated heterocycles. The van der Waals surface area contributed by atoms with Gasteiger partial charge in [-0.1, -0.05) is 11.2 Å².